The number of benzene rings is 2. The monoisotopic (exact) mass is 508 g/mol. The molecule has 7 nitrogen and oxygen atoms in total. The number of carbonyl (C=O) groups is 2. The topological polar surface area (TPSA) is 91.8 Å². The van der Waals surface area contributed by atoms with Gasteiger partial charge in [0.1, 0.15) is 11.6 Å². The summed E-state index contributed by atoms with van der Waals surface area (Å²) < 4.78 is 20.4. The van der Waals surface area contributed by atoms with E-state index in [1.807, 2.05) is 49.5 Å². The Hall–Kier alpha value is -3.52. The van der Waals surface area contributed by atoms with Crippen LogP contribution >= 0.6 is 0 Å². The molecule has 0 saturated carbocycles. The highest BCUT2D eigenvalue weighted by molar-refractivity contribution is 5.82. The Labute approximate surface area is 218 Å². The number of ether oxygens (including phenoxy) is 1. The van der Waals surface area contributed by atoms with Gasteiger partial charge in [-0.3, -0.25) is 14.6 Å². The van der Waals surface area contributed by atoms with Crippen LogP contribution in [0.5, 0.6) is 5.75 Å². The van der Waals surface area contributed by atoms with Gasteiger partial charge in [0.25, 0.3) is 0 Å². The predicted molar refractivity (Wildman–Crippen MR) is 144 cm³/mol. The van der Waals surface area contributed by atoms with Crippen LogP contribution in [0.25, 0.3) is 0 Å². The van der Waals surface area contributed by atoms with Gasteiger partial charge in [-0.05, 0) is 42.6 Å². The van der Waals surface area contributed by atoms with Gasteiger partial charge in [0.15, 0.2) is 0 Å². The van der Waals surface area contributed by atoms with E-state index in [4.69, 9.17) is 4.74 Å². The summed E-state index contributed by atoms with van der Waals surface area (Å²) in [5, 5.41) is 9.11. The van der Waals surface area contributed by atoms with E-state index in [2.05, 4.69) is 27.9 Å². The minimum atomic E-state index is -0.518. The van der Waals surface area contributed by atoms with Crippen LogP contribution in [-0.2, 0) is 22.6 Å². The molecule has 2 unspecified atom stereocenters. The summed E-state index contributed by atoms with van der Waals surface area (Å²) in [6.07, 6.45) is 6.32. The zero-order chi connectivity index (χ0) is 26.6. The molecule has 3 rings (SSSR count). The lowest BCUT2D eigenvalue weighted by molar-refractivity contribution is -0.124. The van der Waals surface area contributed by atoms with Gasteiger partial charge in [-0.25, -0.2) is 4.39 Å². The van der Waals surface area contributed by atoms with Crippen molar-refractivity contribution in [2.45, 2.75) is 52.2 Å². The summed E-state index contributed by atoms with van der Waals surface area (Å²) in [4.78, 5) is 29.1. The minimum Gasteiger partial charge on any atom is -0.493 e. The predicted octanol–water partition coefficient (Wildman–Crippen LogP) is 3.79. The molecule has 0 aliphatic carbocycles. The number of rotatable bonds is 13. The van der Waals surface area contributed by atoms with Crippen molar-refractivity contribution in [1.29, 1.82) is 0 Å². The number of nitrogens with one attached hydrogen (secondary N) is 3. The van der Waals surface area contributed by atoms with E-state index >= 15 is 0 Å². The highest BCUT2D eigenvalue weighted by atomic mass is 19.1. The average Bonchev–Trinajstić information content (AvgIpc) is 2.86. The van der Waals surface area contributed by atoms with Gasteiger partial charge in [-0.1, -0.05) is 50.3 Å². The average molecular weight is 509 g/mol. The van der Waals surface area contributed by atoms with Crippen LogP contribution in [0.15, 0.2) is 65.8 Å². The van der Waals surface area contributed by atoms with Crippen LogP contribution in [0.3, 0.4) is 0 Å². The molecular formula is C29H37FN4O3. The number of carbonyl (C=O) groups excluding carboxylic acids is 2. The molecule has 0 spiro atoms. The molecular weight excluding hydrogens is 471 g/mol. The van der Waals surface area contributed by atoms with Crippen molar-refractivity contribution < 1.29 is 18.7 Å². The standard InChI is InChI=1S/C29H37FN4O3/c1-4-32-28(29(36)33-18-22-8-6-5-7-9-22)16-26(34-21(3)35)13-23-12-25(30)15-27(14-23)37-19-24-10-11-31-17-20(24)2/h5-12,14-15,17,20,24,26,28,32H,4,13,16,18-19H2,1-3H3,(H,33,36)(H,34,35)/t20?,24?,26-,28-/m0/s1. The van der Waals surface area contributed by atoms with Gasteiger partial charge in [-0.2, -0.15) is 0 Å². The Morgan fingerprint density at radius 3 is 2.62 bits per heavy atom. The molecule has 2 amide bonds. The largest absolute Gasteiger partial charge is 0.493 e. The second kappa shape index (κ2) is 14.3. The van der Waals surface area contributed by atoms with Crippen molar-refractivity contribution in [2.24, 2.45) is 16.8 Å². The molecule has 0 radical (unpaired) electrons. The van der Waals surface area contributed by atoms with E-state index in [0.717, 1.165) is 5.56 Å². The summed E-state index contributed by atoms with van der Waals surface area (Å²) in [5.74, 6) is 0.0557. The first kappa shape index (κ1) is 28.1. The number of nitrogens with zero attached hydrogens (tertiary/aromatic N) is 1. The van der Waals surface area contributed by atoms with E-state index in [9.17, 15) is 14.0 Å². The summed E-state index contributed by atoms with van der Waals surface area (Å²) in [6, 6.07) is 13.4. The highest BCUT2D eigenvalue weighted by Crippen LogP contribution is 2.22. The molecule has 0 aromatic heterocycles. The lowest BCUT2D eigenvalue weighted by Gasteiger charge is -2.25. The second-order valence-electron chi connectivity index (χ2n) is 9.42. The van der Waals surface area contributed by atoms with Gasteiger partial charge in [0.05, 0.1) is 12.6 Å². The second-order valence-corrected chi connectivity index (χ2v) is 9.42. The normalized spacial score (nSPS) is 18.2. The van der Waals surface area contributed by atoms with Gasteiger partial charge in [0.2, 0.25) is 11.8 Å². The molecule has 4 atom stereocenters. The molecule has 1 aliphatic heterocycles. The third-order valence-corrected chi connectivity index (χ3v) is 6.28. The Balaban J connectivity index is 1.66. The van der Waals surface area contributed by atoms with Gasteiger partial charge in [-0.15, -0.1) is 0 Å². The zero-order valence-electron chi connectivity index (χ0n) is 21.7. The maximum absolute atomic E-state index is 14.5. The van der Waals surface area contributed by atoms with E-state index in [0.29, 0.717) is 43.9 Å². The number of hydrogen-bond donors (Lipinski definition) is 3. The third-order valence-electron chi connectivity index (χ3n) is 6.28. The number of likely N-dealkylation sites (N-methyl/N-ethyl adjacent to an activating group) is 1. The van der Waals surface area contributed by atoms with Gasteiger partial charge in [0, 0.05) is 49.8 Å². The summed E-state index contributed by atoms with van der Waals surface area (Å²) in [6.45, 7) is 6.84. The van der Waals surface area contributed by atoms with E-state index in [-0.39, 0.29) is 29.7 Å². The Morgan fingerprint density at radius 1 is 1.14 bits per heavy atom. The van der Waals surface area contributed by atoms with Crippen molar-refractivity contribution in [1.82, 2.24) is 16.0 Å². The molecule has 37 heavy (non-hydrogen) atoms. The number of amides is 2. The Bertz CT molecular complexity index is 1090. The quantitative estimate of drug-likeness (QED) is 0.384. The zero-order valence-corrected chi connectivity index (χ0v) is 21.7. The molecule has 198 valence electrons. The molecule has 1 aliphatic rings. The van der Waals surface area contributed by atoms with Crippen LogP contribution in [0.1, 0.15) is 38.3 Å². The first-order valence-corrected chi connectivity index (χ1v) is 12.8. The molecule has 2 aromatic rings. The van der Waals surface area contributed by atoms with Crippen LogP contribution in [-0.4, -0.2) is 43.3 Å². The first-order chi connectivity index (χ1) is 17.8. The fourth-order valence-electron chi connectivity index (χ4n) is 4.34. The van der Waals surface area contributed by atoms with Crippen LogP contribution in [0.2, 0.25) is 0 Å². The fraction of sp³-hybridized carbons (Fsp3) is 0.414. The van der Waals surface area contributed by atoms with Crippen LogP contribution in [0.4, 0.5) is 4.39 Å². The maximum atomic E-state index is 14.5. The van der Waals surface area contributed by atoms with Crippen molar-refractivity contribution in [3.8, 4) is 5.75 Å². The molecule has 0 bridgehead atoms. The number of hydrogen-bond acceptors (Lipinski definition) is 5. The lowest BCUT2D eigenvalue weighted by atomic mass is 9.94. The molecule has 8 heteroatoms. The van der Waals surface area contributed by atoms with E-state index < -0.39 is 11.9 Å². The van der Waals surface area contributed by atoms with Crippen molar-refractivity contribution in [3.63, 3.8) is 0 Å². The number of halogens is 1. The molecule has 3 N–H and O–H groups in total. The molecule has 0 saturated heterocycles. The summed E-state index contributed by atoms with van der Waals surface area (Å²) in [5.41, 5.74) is 1.68. The highest BCUT2D eigenvalue weighted by Gasteiger charge is 2.24. The maximum Gasteiger partial charge on any atom is 0.237 e. The number of aliphatic imine (C=N–C) groups is 1. The van der Waals surface area contributed by atoms with Crippen LogP contribution < -0.4 is 20.7 Å². The van der Waals surface area contributed by atoms with Gasteiger partial charge < -0.3 is 20.7 Å². The minimum absolute atomic E-state index is 0.150. The lowest BCUT2D eigenvalue weighted by Crippen LogP contribution is -2.49. The fourth-order valence-corrected chi connectivity index (χ4v) is 4.34. The Kier molecular flexibility index (Phi) is 10.8. The molecule has 1 heterocycles. The molecule has 0 fully saturated rings. The Morgan fingerprint density at radius 2 is 1.92 bits per heavy atom. The van der Waals surface area contributed by atoms with Crippen LogP contribution in [0, 0.1) is 17.7 Å². The third kappa shape index (κ3) is 9.46. The smallest absolute Gasteiger partial charge is 0.237 e. The van der Waals surface area contributed by atoms with E-state index in [1.54, 1.807) is 12.3 Å². The van der Waals surface area contributed by atoms with Gasteiger partial charge >= 0.3 is 0 Å². The van der Waals surface area contributed by atoms with E-state index in [1.165, 1.54) is 19.1 Å². The SMILES string of the molecule is CCN[C@@H](C[C@H](Cc1cc(F)cc(OCC2C=CN=CC2C)c1)NC(C)=O)C(=O)NCc1ccccc1. The van der Waals surface area contributed by atoms with Crippen molar-refractivity contribution in [2.75, 3.05) is 13.2 Å². The van der Waals surface area contributed by atoms with Crippen molar-refractivity contribution >= 4 is 18.0 Å². The first-order valence-electron chi connectivity index (χ1n) is 12.8. The van der Waals surface area contributed by atoms with Crippen molar-refractivity contribution in [3.05, 3.63) is 77.8 Å². The molecule has 2 aromatic carbocycles. The summed E-state index contributed by atoms with van der Waals surface area (Å²) in [7, 11) is 0. The summed E-state index contributed by atoms with van der Waals surface area (Å²) >= 11 is 0.